The molecule has 0 amide bonds. The summed E-state index contributed by atoms with van der Waals surface area (Å²) in [7, 11) is 0. The number of hydrogen-bond acceptors (Lipinski definition) is 7. The number of carbonyl (C=O) groups excluding carboxylic acids is 2. The highest BCUT2D eigenvalue weighted by molar-refractivity contribution is 5.93. The second-order valence-electron chi connectivity index (χ2n) is 18.7. The van der Waals surface area contributed by atoms with Crippen LogP contribution in [0.4, 0.5) is 0 Å². The first-order valence-corrected chi connectivity index (χ1v) is 21.4. The van der Waals surface area contributed by atoms with Crippen LogP contribution in [0.25, 0.3) is 21.8 Å². The summed E-state index contributed by atoms with van der Waals surface area (Å²) in [6.07, 6.45) is 16.2. The van der Waals surface area contributed by atoms with E-state index in [1.807, 2.05) is 78.3 Å². The lowest BCUT2D eigenvalue weighted by Gasteiger charge is -2.23. The third kappa shape index (κ3) is 10.1. The van der Waals surface area contributed by atoms with Crippen molar-refractivity contribution in [3.05, 3.63) is 130 Å². The van der Waals surface area contributed by atoms with Gasteiger partial charge in [0, 0.05) is 79.2 Å². The van der Waals surface area contributed by atoms with Crippen molar-refractivity contribution < 1.29 is 23.8 Å². The summed E-state index contributed by atoms with van der Waals surface area (Å²) in [6.45, 7) is 14.2. The van der Waals surface area contributed by atoms with Crippen molar-refractivity contribution >= 4 is 33.7 Å². The molecule has 1 saturated heterocycles. The Kier molecular flexibility index (Phi) is 11.5. The summed E-state index contributed by atoms with van der Waals surface area (Å²) in [5.74, 6) is 1.18. The van der Waals surface area contributed by atoms with Crippen molar-refractivity contribution in [3.8, 4) is 0 Å². The van der Waals surface area contributed by atoms with Gasteiger partial charge in [-0.25, -0.2) is 9.59 Å². The molecule has 3 aliphatic rings. The lowest BCUT2D eigenvalue weighted by molar-refractivity contribution is 0.00551. The van der Waals surface area contributed by atoms with Crippen molar-refractivity contribution in [3.63, 3.8) is 0 Å². The number of H-pyrrole nitrogens is 1. The second-order valence-corrected chi connectivity index (χ2v) is 18.7. The van der Waals surface area contributed by atoms with Gasteiger partial charge in [0.25, 0.3) is 0 Å². The first-order chi connectivity index (χ1) is 28.3. The van der Waals surface area contributed by atoms with Crippen LogP contribution in [0.15, 0.2) is 85.5 Å². The minimum absolute atomic E-state index is 0.281. The van der Waals surface area contributed by atoms with E-state index in [4.69, 9.17) is 19.2 Å². The molecule has 1 N–H and O–H groups in total. The minimum atomic E-state index is -0.536. The van der Waals surface area contributed by atoms with E-state index in [-0.39, 0.29) is 11.9 Å². The fourth-order valence-corrected chi connectivity index (χ4v) is 8.07. The predicted octanol–water partition coefficient (Wildman–Crippen LogP) is 10.9. The molecule has 0 unspecified atom stereocenters. The van der Waals surface area contributed by atoms with E-state index in [0.717, 1.165) is 71.6 Å². The highest BCUT2D eigenvalue weighted by Crippen LogP contribution is 2.41. The van der Waals surface area contributed by atoms with Gasteiger partial charge in [-0.05, 0) is 156 Å². The average Bonchev–Trinajstić information content (AvgIpc) is 4.13. The normalized spacial score (nSPS) is 16.2. The lowest BCUT2D eigenvalue weighted by Crippen LogP contribution is -2.25. The highest BCUT2D eigenvalue weighted by atomic mass is 16.6. The van der Waals surface area contributed by atoms with Crippen molar-refractivity contribution in [2.75, 3.05) is 13.2 Å². The summed E-state index contributed by atoms with van der Waals surface area (Å²) >= 11 is 0. The van der Waals surface area contributed by atoms with E-state index in [9.17, 15) is 9.59 Å². The molecule has 6 aromatic rings. The van der Waals surface area contributed by atoms with Crippen molar-refractivity contribution in [1.82, 2.24) is 19.5 Å². The molecule has 9 nitrogen and oxygen atoms in total. The average molecular weight is 795 g/mol. The number of fused-ring (bicyclic) bond motifs is 2. The van der Waals surface area contributed by atoms with Crippen LogP contribution in [0.3, 0.4) is 0 Å². The Morgan fingerprint density at radius 3 is 1.80 bits per heavy atom. The molecule has 9 heteroatoms. The smallest absolute Gasteiger partial charge is 0.340 e. The standard InChI is InChI=1S/C28H34N2O3.C22H24N2O2/c1-28(2,3)33-27(31)24-15-22(20-7-8-20)17-29-25(24)16-21-5-4-6-26-23(21)9-12-30(26)18-19-10-13-32-14-11-19;1-22(2,3)26-21(25)18-11-16(14-7-8-14)13-24-20(18)12-15-5-4-6-19-17(15)9-10-23-19/h4-6,9,12,15,17,19-20H,7-8,10-11,13-14,16,18H2,1-3H3;4-6,9-11,13-14,23H,7-8,12H2,1-3H3. The van der Waals surface area contributed by atoms with E-state index in [0.29, 0.717) is 41.7 Å². The molecule has 0 spiro atoms. The van der Waals surface area contributed by atoms with Gasteiger partial charge < -0.3 is 23.8 Å². The molecule has 4 aromatic heterocycles. The van der Waals surface area contributed by atoms with Crippen LogP contribution in [0, 0.1) is 5.92 Å². The molecule has 0 bridgehead atoms. The SMILES string of the molecule is CC(C)(C)OC(=O)c1cc(C2CC2)cnc1Cc1cccc2[nH]ccc12.CC(C)(C)OC(=O)c1cc(C2CC2)cnc1Cc1cccc2c1ccn2CC1CCOCC1. The number of pyridine rings is 2. The number of ether oxygens (including phenoxy) is 3. The number of hydrogen-bond donors (Lipinski definition) is 1. The molecule has 0 radical (unpaired) electrons. The molecule has 2 aromatic carbocycles. The summed E-state index contributed by atoms with van der Waals surface area (Å²) in [5, 5.41) is 2.39. The Morgan fingerprint density at radius 1 is 0.712 bits per heavy atom. The van der Waals surface area contributed by atoms with E-state index in [2.05, 4.69) is 63.2 Å². The predicted molar refractivity (Wildman–Crippen MR) is 232 cm³/mol. The third-order valence-corrected chi connectivity index (χ3v) is 11.4. The molecule has 1 aliphatic heterocycles. The van der Waals surface area contributed by atoms with Crippen LogP contribution in [0.1, 0.15) is 146 Å². The van der Waals surface area contributed by atoms with E-state index < -0.39 is 11.2 Å². The Balaban J connectivity index is 0.000000169. The zero-order valence-electron chi connectivity index (χ0n) is 35.5. The van der Waals surface area contributed by atoms with Crippen LogP contribution >= 0.6 is 0 Å². The largest absolute Gasteiger partial charge is 0.456 e. The number of rotatable bonds is 10. The molecule has 2 aliphatic carbocycles. The topological polar surface area (TPSA) is 108 Å². The maximum atomic E-state index is 13.1. The van der Waals surface area contributed by atoms with E-state index >= 15 is 0 Å². The highest BCUT2D eigenvalue weighted by Gasteiger charge is 2.29. The molecule has 2 saturated carbocycles. The van der Waals surface area contributed by atoms with E-state index in [1.54, 1.807) is 0 Å². The molecule has 9 rings (SSSR count). The summed E-state index contributed by atoms with van der Waals surface area (Å²) in [6, 6.07) is 20.9. The summed E-state index contributed by atoms with van der Waals surface area (Å²) < 4.78 is 19.3. The fourth-order valence-electron chi connectivity index (χ4n) is 8.07. The van der Waals surface area contributed by atoms with Crippen molar-refractivity contribution in [2.45, 2.75) is 122 Å². The first-order valence-electron chi connectivity index (χ1n) is 21.4. The monoisotopic (exact) mass is 794 g/mol. The van der Waals surface area contributed by atoms with E-state index in [1.165, 1.54) is 42.1 Å². The maximum absolute atomic E-state index is 13.1. The van der Waals surface area contributed by atoms with Crippen LogP contribution in [0.5, 0.6) is 0 Å². The number of nitrogens with zero attached hydrogens (tertiary/aromatic N) is 3. The minimum Gasteiger partial charge on any atom is -0.456 e. The summed E-state index contributed by atoms with van der Waals surface area (Å²) in [4.78, 5) is 38.6. The first kappa shape index (κ1) is 40.5. The van der Waals surface area contributed by atoms with Gasteiger partial charge in [0.15, 0.2) is 0 Å². The lowest BCUT2D eigenvalue weighted by atomic mass is 9.99. The Bertz CT molecular complexity index is 2450. The number of benzene rings is 2. The molecule has 59 heavy (non-hydrogen) atoms. The number of aromatic nitrogens is 4. The molecular weight excluding hydrogens is 737 g/mol. The Labute approximate surface area is 347 Å². The quantitative estimate of drug-likeness (QED) is 0.138. The van der Waals surface area contributed by atoms with Crippen LogP contribution < -0.4 is 0 Å². The van der Waals surface area contributed by atoms with Gasteiger partial charge in [-0.1, -0.05) is 24.3 Å². The second kappa shape index (κ2) is 16.8. The molecule has 0 atom stereocenters. The zero-order valence-corrected chi connectivity index (χ0v) is 35.5. The van der Waals surface area contributed by atoms with Crippen molar-refractivity contribution in [1.29, 1.82) is 0 Å². The van der Waals surface area contributed by atoms with Gasteiger partial charge in [0.2, 0.25) is 0 Å². The molecule has 5 heterocycles. The van der Waals surface area contributed by atoms with Gasteiger partial charge in [-0.15, -0.1) is 0 Å². The Hall–Kier alpha value is -5.28. The van der Waals surface area contributed by atoms with Gasteiger partial charge in [-0.2, -0.15) is 0 Å². The van der Waals surface area contributed by atoms with Gasteiger partial charge in [-0.3, -0.25) is 9.97 Å². The fraction of sp³-hybridized carbons (Fsp3) is 0.440. The van der Waals surface area contributed by atoms with Crippen LogP contribution in [-0.4, -0.2) is 55.9 Å². The maximum Gasteiger partial charge on any atom is 0.340 e. The Morgan fingerprint density at radius 2 is 1.25 bits per heavy atom. The summed E-state index contributed by atoms with van der Waals surface area (Å²) in [5.41, 5.74) is 8.68. The van der Waals surface area contributed by atoms with Crippen LogP contribution in [0.2, 0.25) is 0 Å². The number of nitrogens with one attached hydrogen (secondary N) is 1. The zero-order chi connectivity index (χ0) is 41.3. The number of aromatic amines is 1. The molecular formula is C50H58N4O5. The molecule has 3 fully saturated rings. The van der Waals surface area contributed by atoms with Gasteiger partial charge >= 0.3 is 11.9 Å². The van der Waals surface area contributed by atoms with Gasteiger partial charge in [0.1, 0.15) is 11.2 Å². The molecule has 308 valence electrons. The number of carbonyl (C=O) groups is 2. The number of esters is 2. The van der Waals surface area contributed by atoms with Crippen LogP contribution in [-0.2, 0) is 33.6 Å². The van der Waals surface area contributed by atoms with Crippen molar-refractivity contribution in [2.24, 2.45) is 5.92 Å². The van der Waals surface area contributed by atoms with Gasteiger partial charge in [0.05, 0.1) is 22.5 Å². The third-order valence-electron chi connectivity index (χ3n) is 11.4.